The molecule has 0 atom stereocenters. The molecule has 0 aliphatic heterocycles. The first-order chi connectivity index (χ1) is 9.70. The van der Waals surface area contributed by atoms with Gasteiger partial charge < -0.3 is 4.74 Å². The highest BCUT2D eigenvalue weighted by Gasteiger charge is 2.16. The topological polar surface area (TPSA) is 12.5 Å². The molecule has 0 unspecified atom stereocenters. The van der Waals surface area contributed by atoms with Crippen LogP contribution in [0.2, 0.25) is 5.02 Å². The van der Waals surface area contributed by atoms with E-state index in [2.05, 4.69) is 24.1 Å². The van der Waals surface area contributed by atoms with Gasteiger partial charge in [-0.25, -0.2) is 0 Å². The molecule has 0 spiro atoms. The summed E-state index contributed by atoms with van der Waals surface area (Å²) >= 11 is 6.08. The first-order valence-corrected chi connectivity index (χ1v) is 8.11. The van der Waals surface area contributed by atoms with Crippen molar-refractivity contribution in [3.63, 3.8) is 0 Å². The molecule has 1 aromatic carbocycles. The number of hydrogen-bond donors (Lipinski definition) is 0. The van der Waals surface area contributed by atoms with Crippen molar-refractivity contribution in [3.8, 4) is 5.75 Å². The van der Waals surface area contributed by atoms with Crippen LogP contribution in [-0.2, 0) is 6.54 Å². The minimum Gasteiger partial charge on any atom is -0.495 e. The molecule has 0 saturated heterocycles. The second-order valence-corrected chi connectivity index (χ2v) is 6.29. The van der Waals surface area contributed by atoms with Gasteiger partial charge in [-0.2, -0.15) is 0 Å². The maximum Gasteiger partial charge on any atom is 0.137 e. The Kier molecular flexibility index (Phi) is 6.18. The molecule has 0 aromatic heterocycles. The predicted molar refractivity (Wildman–Crippen MR) is 85.6 cm³/mol. The van der Waals surface area contributed by atoms with Crippen molar-refractivity contribution in [1.29, 1.82) is 0 Å². The van der Waals surface area contributed by atoms with E-state index in [1.807, 2.05) is 6.07 Å². The molecule has 0 heterocycles. The molecule has 2 rings (SSSR count). The summed E-state index contributed by atoms with van der Waals surface area (Å²) in [7, 11) is 3.91. The Morgan fingerprint density at radius 1 is 1.15 bits per heavy atom. The molecule has 20 heavy (non-hydrogen) atoms. The lowest BCUT2D eigenvalue weighted by Crippen LogP contribution is -2.31. The molecule has 1 aliphatic rings. The van der Waals surface area contributed by atoms with Crippen LogP contribution in [0.5, 0.6) is 5.75 Å². The SMILES string of the molecule is COc1cc(CN(C)C2CCCCCCC2)ccc1Cl. The van der Waals surface area contributed by atoms with Gasteiger partial charge in [0.15, 0.2) is 0 Å². The zero-order valence-corrected chi connectivity index (χ0v) is 13.5. The molecule has 112 valence electrons. The Morgan fingerprint density at radius 3 is 2.45 bits per heavy atom. The molecule has 1 aromatic rings. The minimum atomic E-state index is 0.685. The van der Waals surface area contributed by atoms with Gasteiger partial charge in [-0.05, 0) is 37.6 Å². The lowest BCUT2D eigenvalue weighted by molar-refractivity contribution is 0.195. The standard InChI is InChI=1S/C17H26ClNO/c1-19(15-8-6-4-3-5-7-9-15)13-14-10-11-16(18)17(12-14)20-2/h10-12,15H,3-9,13H2,1-2H3. The number of halogens is 1. The van der Waals surface area contributed by atoms with Crippen molar-refractivity contribution in [2.45, 2.75) is 57.5 Å². The van der Waals surface area contributed by atoms with Crippen LogP contribution >= 0.6 is 11.6 Å². The monoisotopic (exact) mass is 295 g/mol. The van der Waals surface area contributed by atoms with E-state index in [4.69, 9.17) is 16.3 Å². The second kappa shape index (κ2) is 7.90. The Bertz CT molecular complexity index is 413. The van der Waals surface area contributed by atoms with Crippen molar-refractivity contribution in [3.05, 3.63) is 28.8 Å². The van der Waals surface area contributed by atoms with Crippen molar-refractivity contribution < 1.29 is 4.74 Å². The van der Waals surface area contributed by atoms with E-state index in [0.717, 1.165) is 18.3 Å². The summed E-state index contributed by atoms with van der Waals surface area (Å²) in [6.45, 7) is 0.970. The smallest absolute Gasteiger partial charge is 0.137 e. The quantitative estimate of drug-likeness (QED) is 0.784. The van der Waals surface area contributed by atoms with Crippen LogP contribution in [0.15, 0.2) is 18.2 Å². The molecule has 0 N–H and O–H groups in total. The maximum atomic E-state index is 6.08. The Hall–Kier alpha value is -0.730. The second-order valence-electron chi connectivity index (χ2n) is 5.88. The molecule has 1 fully saturated rings. The van der Waals surface area contributed by atoms with E-state index in [0.29, 0.717) is 5.02 Å². The van der Waals surface area contributed by atoms with Gasteiger partial charge >= 0.3 is 0 Å². The molecule has 3 heteroatoms. The lowest BCUT2D eigenvalue weighted by Gasteiger charge is -2.29. The summed E-state index contributed by atoms with van der Waals surface area (Å²) in [5.41, 5.74) is 1.27. The largest absolute Gasteiger partial charge is 0.495 e. The van der Waals surface area contributed by atoms with E-state index >= 15 is 0 Å². The highest BCUT2D eigenvalue weighted by molar-refractivity contribution is 6.32. The van der Waals surface area contributed by atoms with E-state index in [9.17, 15) is 0 Å². The first-order valence-electron chi connectivity index (χ1n) is 7.73. The third kappa shape index (κ3) is 4.39. The average Bonchev–Trinajstić information content (AvgIpc) is 2.40. The fourth-order valence-electron chi connectivity index (χ4n) is 3.09. The minimum absolute atomic E-state index is 0.685. The zero-order chi connectivity index (χ0) is 14.4. The summed E-state index contributed by atoms with van der Waals surface area (Å²) in [5, 5.41) is 0.685. The normalized spacial score (nSPS) is 17.8. The van der Waals surface area contributed by atoms with Crippen molar-refractivity contribution in [2.24, 2.45) is 0 Å². The van der Waals surface area contributed by atoms with E-state index in [-0.39, 0.29) is 0 Å². The van der Waals surface area contributed by atoms with Gasteiger partial charge in [-0.15, -0.1) is 0 Å². The van der Waals surface area contributed by atoms with Gasteiger partial charge in [-0.3, -0.25) is 4.90 Å². The molecule has 1 saturated carbocycles. The van der Waals surface area contributed by atoms with Gasteiger partial charge in [0.2, 0.25) is 0 Å². The molecule has 2 nitrogen and oxygen atoms in total. The number of nitrogens with zero attached hydrogens (tertiary/aromatic N) is 1. The lowest BCUT2D eigenvalue weighted by atomic mass is 9.95. The van der Waals surface area contributed by atoms with Crippen LogP contribution in [0.1, 0.15) is 50.5 Å². The van der Waals surface area contributed by atoms with Crippen molar-refractivity contribution in [1.82, 2.24) is 4.90 Å². The Balaban J connectivity index is 1.97. The van der Waals surface area contributed by atoms with Crippen LogP contribution in [0, 0.1) is 0 Å². The number of hydrogen-bond acceptors (Lipinski definition) is 2. The first kappa shape index (κ1) is 15.7. The number of rotatable bonds is 4. The van der Waals surface area contributed by atoms with E-state index in [1.54, 1.807) is 7.11 Å². The van der Waals surface area contributed by atoms with Gasteiger partial charge in [0.1, 0.15) is 5.75 Å². The third-order valence-electron chi connectivity index (χ3n) is 4.35. The van der Waals surface area contributed by atoms with Crippen LogP contribution in [0.3, 0.4) is 0 Å². The van der Waals surface area contributed by atoms with Crippen LogP contribution in [0.25, 0.3) is 0 Å². The molecular formula is C17H26ClNO. The zero-order valence-electron chi connectivity index (χ0n) is 12.7. The number of methoxy groups -OCH3 is 1. The van der Waals surface area contributed by atoms with Crippen LogP contribution < -0.4 is 4.74 Å². The predicted octanol–water partition coefficient (Wildman–Crippen LogP) is 4.89. The van der Waals surface area contributed by atoms with Crippen molar-refractivity contribution >= 4 is 11.6 Å². The van der Waals surface area contributed by atoms with E-state index in [1.165, 1.54) is 50.5 Å². The van der Waals surface area contributed by atoms with Crippen LogP contribution in [-0.4, -0.2) is 25.1 Å². The molecule has 1 aliphatic carbocycles. The van der Waals surface area contributed by atoms with E-state index < -0.39 is 0 Å². The van der Waals surface area contributed by atoms with Crippen LogP contribution in [0.4, 0.5) is 0 Å². The fourth-order valence-corrected chi connectivity index (χ4v) is 3.29. The molecule has 0 radical (unpaired) electrons. The Morgan fingerprint density at radius 2 is 1.80 bits per heavy atom. The summed E-state index contributed by atoms with van der Waals surface area (Å²) in [4.78, 5) is 2.49. The fraction of sp³-hybridized carbons (Fsp3) is 0.647. The van der Waals surface area contributed by atoms with Crippen molar-refractivity contribution in [2.75, 3.05) is 14.2 Å². The molecular weight excluding hydrogens is 270 g/mol. The summed E-state index contributed by atoms with van der Waals surface area (Å²) in [5.74, 6) is 0.773. The van der Waals surface area contributed by atoms with Gasteiger partial charge in [-0.1, -0.05) is 49.8 Å². The number of ether oxygens (including phenoxy) is 1. The highest BCUT2D eigenvalue weighted by atomic mass is 35.5. The third-order valence-corrected chi connectivity index (χ3v) is 4.66. The van der Waals surface area contributed by atoms with Gasteiger partial charge in [0, 0.05) is 12.6 Å². The highest BCUT2D eigenvalue weighted by Crippen LogP contribution is 2.27. The summed E-state index contributed by atoms with van der Waals surface area (Å²) < 4.78 is 5.30. The molecule has 0 bridgehead atoms. The maximum absolute atomic E-state index is 6.08. The summed E-state index contributed by atoms with van der Waals surface area (Å²) in [6, 6.07) is 6.81. The van der Waals surface area contributed by atoms with Gasteiger partial charge in [0.05, 0.1) is 12.1 Å². The molecule has 0 amide bonds. The summed E-state index contributed by atoms with van der Waals surface area (Å²) in [6.07, 6.45) is 9.64. The van der Waals surface area contributed by atoms with Gasteiger partial charge in [0.25, 0.3) is 0 Å². The Labute approximate surface area is 128 Å². The number of benzene rings is 1. The average molecular weight is 296 g/mol.